The molecule has 0 amide bonds. The van der Waals surface area contributed by atoms with Gasteiger partial charge in [0, 0.05) is 26.1 Å². The zero-order valence-electron chi connectivity index (χ0n) is 21.3. The number of carbonyl (C=O) groups is 4. The van der Waals surface area contributed by atoms with Gasteiger partial charge in [0.15, 0.2) is 6.10 Å². The van der Waals surface area contributed by atoms with E-state index >= 15 is 0 Å². The second kappa shape index (κ2) is 16.1. The molecule has 2 rings (SSSR count). The third-order valence-electron chi connectivity index (χ3n) is 5.01. The van der Waals surface area contributed by atoms with Crippen molar-refractivity contribution in [1.29, 1.82) is 0 Å². The summed E-state index contributed by atoms with van der Waals surface area (Å²) < 4.78 is 19.7. The summed E-state index contributed by atoms with van der Waals surface area (Å²) in [4.78, 5) is 50.9. The number of pyridine rings is 1. The number of hydrogen-bond donors (Lipinski definition) is 3. The Morgan fingerprint density at radius 3 is 2.18 bits per heavy atom. The Hall–Kier alpha value is -3.87. The number of ether oxygens (including phenoxy) is 4. The van der Waals surface area contributed by atoms with E-state index in [0.717, 1.165) is 30.8 Å². The Morgan fingerprint density at radius 2 is 1.58 bits per heavy atom. The number of esters is 4. The number of aliphatic hydroxyl groups excluding tert-OH is 2. The van der Waals surface area contributed by atoms with Crippen molar-refractivity contribution in [3.05, 3.63) is 65.0 Å². The third kappa shape index (κ3) is 11.0. The quantitative estimate of drug-likeness (QED) is 0.216. The first-order valence-electron chi connectivity index (χ1n) is 11.9. The Balaban J connectivity index is 1.69. The lowest BCUT2D eigenvalue weighted by Crippen LogP contribution is -2.27. The van der Waals surface area contributed by atoms with Crippen molar-refractivity contribution in [2.75, 3.05) is 33.5 Å². The molecule has 2 aromatic rings. The molecule has 0 bridgehead atoms. The highest BCUT2D eigenvalue weighted by molar-refractivity contribution is 5.91. The van der Waals surface area contributed by atoms with Gasteiger partial charge < -0.3 is 34.5 Å². The molecule has 2 atom stereocenters. The van der Waals surface area contributed by atoms with Crippen LogP contribution < -0.4 is 5.32 Å². The number of nitrogens with zero attached hydrogens (tertiary/aromatic N) is 1. The molecule has 1 aromatic carbocycles. The second-order valence-corrected chi connectivity index (χ2v) is 8.23. The van der Waals surface area contributed by atoms with Gasteiger partial charge in [0.05, 0.1) is 12.2 Å². The third-order valence-corrected chi connectivity index (χ3v) is 5.01. The highest BCUT2D eigenvalue weighted by atomic mass is 16.6. The minimum atomic E-state index is -1.23. The molecule has 0 radical (unpaired) electrons. The van der Waals surface area contributed by atoms with Gasteiger partial charge in [-0.15, -0.1) is 0 Å². The van der Waals surface area contributed by atoms with Crippen LogP contribution in [0.2, 0.25) is 0 Å². The molecular weight excluding hydrogens is 500 g/mol. The standard InChI is InChI=1S/C26H32N2O10/c1-17(30)38-22(13-29)16-37-25(33)20-8-9-23(28-12-20)26(34)36-15-21(31)14-35-24(32)10-7-18-3-5-19(6-4-18)11-27-2/h3-6,8-9,12,21-22,27,29,31H,7,10-11,13-16H2,1-2H3. The van der Waals surface area contributed by atoms with Crippen LogP contribution in [0.1, 0.15) is 45.3 Å². The van der Waals surface area contributed by atoms with Crippen LogP contribution in [0.25, 0.3) is 0 Å². The van der Waals surface area contributed by atoms with Gasteiger partial charge in [-0.25, -0.2) is 14.6 Å². The average Bonchev–Trinajstić information content (AvgIpc) is 2.92. The summed E-state index contributed by atoms with van der Waals surface area (Å²) in [6.45, 7) is 0.272. The van der Waals surface area contributed by atoms with Crippen LogP contribution in [-0.4, -0.2) is 84.8 Å². The Kier molecular flexibility index (Phi) is 12.8. The summed E-state index contributed by atoms with van der Waals surface area (Å²) in [7, 11) is 1.86. The van der Waals surface area contributed by atoms with Gasteiger partial charge in [0.25, 0.3) is 0 Å². The topological polar surface area (TPSA) is 171 Å². The van der Waals surface area contributed by atoms with Crippen molar-refractivity contribution < 1.29 is 48.3 Å². The fraction of sp³-hybridized carbons (Fsp3) is 0.423. The Morgan fingerprint density at radius 1 is 0.921 bits per heavy atom. The lowest BCUT2D eigenvalue weighted by Gasteiger charge is -2.14. The van der Waals surface area contributed by atoms with Crippen LogP contribution >= 0.6 is 0 Å². The molecule has 0 saturated carbocycles. The van der Waals surface area contributed by atoms with Gasteiger partial charge in [-0.05, 0) is 36.7 Å². The molecule has 2 unspecified atom stereocenters. The highest BCUT2D eigenvalue weighted by Gasteiger charge is 2.18. The van der Waals surface area contributed by atoms with Crippen molar-refractivity contribution in [1.82, 2.24) is 10.3 Å². The number of benzene rings is 1. The molecule has 12 nitrogen and oxygen atoms in total. The van der Waals surface area contributed by atoms with Gasteiger partial charge in [-0.3, -0.25) is 9.59 Å². The predicted octanol–water partition coefficient (Wildman–Crippen LogP) is 0.576. The minimum Gasteiger partial charge on any atom is -0.463 e. The lowest BCUT2D eigenvalue weighted by molar-refractivity contribution is -0.151. The summed E-state index contributed by atoms with van der Waals surface area (Å²) in [5.41, 5.74) is 2.01. The highest BCUT2D eigenvalue weighted by Crippen LogP contribution is 2.08. The molecule has 0 saturated heterocycles. The van der Waals surface area contributed by atoms with E-state index in [9.17, 15) is 24.3 Å². The molecule has 1 aromatic heterocycles. The normalized spacial score (nSPS) is 12.2. The van der Waals surface area contributed by atoms with E-state index in [1.165, 1.54) is 12.1 Å². The van der Waals surface area contributed by atoms with Crippen LogP contribution in [0.5, 0.6) is 0 Å². The van der Waals surface area contributed by atoms with Gasteiger partial charge in [0.1, 0.15) is 31.6 Å². The maximum absolute atomic E-state index is 12.1. The molecule has 38 heavy (non-hydrogen) atoms. The van der Waals surface area contributed by atoms with Crippen molar-refractivity contribution in [3.8, 4) is 0 Å². The van der Waals surface area contributed by atoms with E-state index in [1.807, 2.05) is 31.3 Å². The molecule has 0 spiro atoms. The number of nitrogens with one attached hydrogen (secondary N) is 1. The smallest absolute Gasteiger partial charge is 0.357 e. The first-order valence-corrected chi connectivity index (χ1v) is 11.9. The Labute approximate surface area is 219 Å². The summed E-state index contributed by atoms with van der Waals surface area (Å²) in [6.07, 6.45) is -0.501. The van der Waals surface area contributed by atoms with E-state index in [-0.39, 0.29) is 30.9 Å². The van der Waals surface area contributed by atoms with E-state index in [2.05, 4.69) is 10.3 Å². The summed E-state index contributed by atoms with van der Waals surface area (Å²) in [6, 6.07) is 10.3. The number of aryl methyl sites for hydroxylation is 1. The molecular formula is C26H32N2O10. The van der Waals surface area contributed by atoms with Gasteiger partial charge in [-0.1, -0.05) is 24.3 Å². The molecule has 0 fully saturated rings. The van der Waals surface area contributed by atoms with Crippen molar-refractivity contribution in [3.63, 3.8) is 0 Å². The fourth-order valence-corrected chi connectivity index (χ4v) is 3.08. The molecule has 12 heteroatoms. The van der Waals surface area contributed by atoms with Crippen molar-refractivity contribution >= 4 is 23.9 Å². The van der Waals surface area contributed by atoms with Gasteiger partial charge >= 0.3 is 23.9 Å². The lowest BCUT2D eigenvalue weighted by atomic mass is 10.1. The summed E-state index contributed by atoms with van der Waals surface area (Å²) in [5, 5.41) is 22.1. The van der Waals surface area contributed by atoms with E-state index < -0.39 is 49.3 Å². The molecule has 1 heterocycles. The molecule has 3 N–H and O–H groups in total. The SMILES string of the molecule is CNCc1ccc(CCC(=O)OCC(O)COC(=O)c2ccc(C(=O)OCC(CO)OC(C)=O)cn2)cc1. The van der Waals surface area contributed by atoms with Crippen LogP contribution in [0, 0.1) is 0 Å². The second-order valence-electron chi connectivity index (χ2n) is 8.23. The van der Waals surface area contributed by atoms with Crippen LogP contribution in [0.15, 0.2) is 42.6 Å². The fourth-order valence-electron chi connectivity index (χ4n) is 3.08. The molecule has 0 aliphatic heterocycles. The van der Waals surface area contributed by atoms with Gasteiger partial charge in [0.2, 0.25) is 0 Å². The molecule has 0 aliphatic rings. The largest absolute Gasteiger partial charge is 0.463 e. The number of aromatic nitrogens is 1. The zero-order chi connectivity index (χ0) is 27.9. The van der Waals surface area contributed by atoms with Crippen molar-refractivity contribution in [2.24, 2.45) is 0 Å². The summed E-state index contributed by atoms with van der Waals surface area (Å²) in [5.74, 6) is -2.77. The molecule has 0 aliphatic carbocycles. The number of rotatable bonds is 15. The zero-order valence-corrected chi connectivity index (χ0v) is 21.3. The van der Waals surface area contributed by atoms with Crippen LogP contribution in [0.3, 0.4) is 0 Å². The number of aliphatic hydroxyl groups is 2. The monoisotopic (exact) mass is 532 g/mol. The maximum Gasteiger partial charge on any atom is 0.357 e. The van der Waals surface area contributed by atoms with E-state index in [1.54, 1.807) is 0 Å². The van der Waals surface area contributed by atoms with Crippen LogP contribution in [-0.2, 0) is 41.5 Å². The minimum absolute atomic E-state index is 0.0157. The number of carbonyl (C=O) groups excluding carboxylic acids is 4. The first kappa shape index (κ1) is 30.4. The van der Waals surface area contributed by atoms with Crippen molar-refractivity contribution in [2.45, 2.75) is 38.5 Å². The number of hydrogen-bond acceptors (Lipinski definition) is 12. The predicted molar refractivity (Wildman–Crippen MR) is 132 cm³/mol. The Bertz CT molecular complexity index is 1060. The summed E-state index contributed by atoms with van der Waals surface area (Å²) >= 11 is 0. The molecule has 206 valence electrons. The van der Waals surface area contributed by atoms with E-state index in [4.69, 9.17) is 24.1 Å². The maximum atomic E-state index is 12.1. The first-order chi connectivity index (χ1) is 18.2. The van der Waals surface area contributed by atoms with E-state index in [0.29, 0.717) is 6.42 Å². The van der Waals surface area contributed by atoms with Gasteiger partial charge in [-0.2, -0.15) is 0 Å². The average molecular weight is 533 g/mol. The van der Waals surface area contributed by atoms with Crippen LogP contribution in [0.4, 0.5) is 0 Å².